The van der Waals surface area contributed by atoms with Crippen LogP contribution in [0.2, 0.25) is 0 Å². The minimum absolute atomic E-state index is 0.0914. The van der Waals surface area contributed by atoms with Gasteiger partial charge in [0.15, 0.2) is 0 Å². The summed E-state index contributed by atoms with van der Waals surface area (Å²) in [5.41, 5.74) is 2.20. The first-order valence-electron chi connectivity index (χ1n) is 8.95. The van der Waals surface area contributed by atoms with Crippen LogP contribution in [0.4, 0.5) is 0 Å². The van der Waals surface area contributed by atoms with Crippen molar-refractivity contribution in [2.24, 2.45) is 5.92 Å². The summed E-state index contributed by atoms with van der Waals surface area (Å²) in [5, 5.41) is 2.94. The Kier molecular flexibility index (Phi) is 6.34. The highest BCUT2D eigenvalue weighted by molar-refractivity contribution is 9.10. The van der Waals surface area contributed by atoms with Crippen LogP contribution in [0.3, 0.4) is 0 Å². The summed E-state index contributed by atoms with van der Waals surface area (Å²) >= 11 is 3.32. The van der Waals surface area contributed by atoms with Crippen LogP contribution in [0, 0.1) is 12.8 Å². The summed E-state index contributed by atoms with van der Waals surface area (Å²) in [7, 11) is -3.58. The first-order valence-corrected chi connectivity index (χ1v) is 11.2. The van der Waals surface area contributed by atoms with Crippen LogP contribution in [0.15, 0.2) is 57.9 Å². The van der Waals surface area contributed by atoms with Crippen molar-refractivity contribution in [1.82, 2.24) is 9.62 Å². The van der Waals surface area contributed by atoms with Crippen molar-refractivity contribution in [2.45, 2.75) is 31.2 Å². The molecule has 1 N–H and O–H groups in total. The second-order valence-corrected chi connectivity index (χ2v) is 9.71. The van der Waals surface area contributed by atoms with Gasteiger partial charge in [0.25, 0.3) is 0 Å². The number of nitrogens with zero attached hydrogens (tertiary/aromatic N) is 1. The number of aryl methyl sites for hydroxylation is 1. The number of carbonyl (C=O) groups is 1. The van der Waals surface area contributed by atoms with Gasteiger partial charge in [-0.3, -0.25) is 4.79 Å². The van der Waals surface area contributed by atoms with E-state index >= 15 is 0 Å². The maximum absolute atomic E-state index is 12.9. The number of halogens is 1. The first kappa shape index (κ1) is 20.0. The Balaban J connectivity index is 1.63. The lowest BCUT2D eigenvalue weighted by atomic mass is 9.98. The molecule has 0 bridgehead atoms. The molecule has 0 saturated carbocycles. The number of hydrogen-bond donors (Lipinski definition) is 1. The highest BCUT2D eigenvalue weighted by Crippen LogP contribution is 2.25. The molecule has 1 saturated heterocycles. The molecule has 7 heteroatoms. The van der Waals surface area contributed by atoms with Gasteiger partial charge in [-0.1, -0.05) is 45.8 Å². The number of rotatable bonds is 5. The number of carbonyl (C=O) groups excluding carboxylic acids is 1. The lowest BCUT2D eigenvalue weighted by Gasteiger charge is -2.31. The average Bonchev–Trinajstić information content (AvgIpc) is 2.68. The minimum atomic E-state index is -3.58. The third-order valence-corrected chi connectivity index (χ3v) is 7.20. The van der Waals surface area contributed by atoms with Crippen LogP contribution in [-0.2, 0) is 21.4 Å². The van der Waals surface area contributed by atoms with Crippen molar-refractivity contribution in [3.8, 4) is 0 Å². The van der Waals surface area contributed by atoms with E-state index in [0.717, 1.165) is 10.0 Å². The Morgan fingerprint density at radius 1 is 1.15 bits per heavy atom. The summed E-state index contributed by atoms with van der Waals surface area (Å²) < 4.78 is 28.0. The van der Waals surface area contributed by atoms with Gasteiger partial charge in [-0.15, -0.1) is 0 Å². The smallest absolute Gasteiger partial charge is 0.243 e. The molecule has 0 spiro atoms. The van der Waals surface area contributed by atoms with Crippen LogP contribution in [0.5, 0.6) is 0 Å². The fraction of sp³-hybridized carbons (Fsp3) is 0.350. The molecule has 0 radical (unpaired) electrons. The van der Waals surface area contributed by atoms with Crippen LogP contribution >= 0.6 is 15.9 Å². The van der Waals surface area contributed by atoms with E-state index in [9.17, 15) is 13.2 Å². The molecule has 27 heavy (non-hydrogen) atoms. The fourth-order valence-electron chi connectivity index (χ4n) is 3.17. The zero-order valence-corrected chi connectivity index (χ0v) is 17.6. The molecule has 1 amide bonds. The summed E-state index contributed by atoms with van der Waals surface area (Å²) in [6.45, 7) is 3.14. The molecule has 2 aromatic rings. The van der Waals surface area contributed by atoms with Gasteiger partial charge in [0, 0.05) is 24.1 Å². The summed E-state index contributed by atoms with van der Waals surface area (Å²) in [4.78, 5) is 12.8. The minimum Gasteiger partial charge on any atom is -0.352 e. The third kappa shape index (κ3) is 4.97. The third-order valence-electron chi connectivity index (χ3n) is 4.79. The van der Waals surface area contributed by atoms with Crippen molar-refractivity contribution in [3.05, 3.63) is 64.1 Å². The van der Waals surface area contributed by atoms with E-state index in [2.05, 4.69) is 21.2 Å². The largest absolute Gasteiger partial charge is 0.352 e. The van der Waals surface area contributed by atoms with Crippen LogP contribution in [0.25, 0.3) is 0 Å². The van der Waals surface area contributed by atoms with Crippen molar-refractivity contribution in [1.29, 1.82) is 0 Å². The van der Waals surface area contributed by atoms with Crippen LogP contribution in [0.1, 0.15) is 24.0 Å². The highest BCUT2D eigenvalue weighted by Gasteiger charge is 2.33. The standard InChI is InChI=1S/C20H23BrN2O3S/c1-15-4-6-16(7-5-15)13-22-20(24)17-3-2-12-23(14-17)27(25,26)19-10-8-18(21)9-11-19/h4-11,17H,2-3,12-14H2,1H3,(H,22,24)/t17-/m0/s1. The van der Waals surface area contributed by atoms with Crippen LogP contribution < -0.4 is 5.32 Å². The fourth-order valence-corrected chi connectivity index (χ4v) is 4.96. The number of amides is 1. The maximum Gasteiger partial charge on any atom is 0.243 e. The zero-order chi connectivity index (χ0) is 19.4. The molecule has 3 rings (SSSR count). The van der Waals surface area contributed by atoms with Gasteiger partial charge >= 0.3 is 0 Å². The molecule has 5 nitrogen and oxygen atoms in total. The van der Waals surface area contributed by atoms with E-state index in [1.807, 2.05) is 31.2 Å². The summed E-state index contributed by atoms with van der Waals surface area (Å²) in [6.07, 6.45) is 1.38. The van der Waals surface area contributed by atoms with Crippen molar-refractivity contribution in [2.75, 3.05) is 13.1 Å². The van der Waals surface area contributed by atoms with Crippen molar-refractivity contribution in [3.63, 3.8) is 0 Å². The molecule has 0 unspecified atom stereocenters. The Morgan fingerprint density at radius 2 is 1.81 bits per heavy atom. The van der Waals surface area contributed by atoms with E-state index in [-0.39, 0.29) is 23.3 Å². The number of nitrogens with one attached hydrogen (secondary N) is 1. The molecular formula is C20H23BrN2O3S. The average molecular weight is 451 g/mol. The van der Waals surface area contributed by atoms with Gasteiger partial charge in [0.1, 0.15) is 0 Å². The van der Waals surface area contributed by atoms with Gasteiger partial charge in [0.05, 0.1) is 10.8 Å². The van der Waals surface area contributed by atoms with Gasteiger partial charge in [0.2, 0.25) is 15.9 Å². The first-order chi connectivity index (χ1) is 12.9. The predicted molar refractivity (Wildman–Crippen MR) is 109 cm³/mol. The normalized spacial score (nSPS) is 18.2. The Labute approximate surface area is 169 Å². The maximum atomic E-state index is 12.9. The Hall–Kier alpha value is -1.70. The summed E-state index contributed by atoms with van der Waals surface area (Å²) in [5.74, 6) is -0.416. The monoisotopic (exact) mass is 450 g/mol. The second kappa shape index (κ2) is 8.54. The van der Waals surface area contributed by atoms with E-state index in [4.69, 9.17) is 0 Å². The number of hydrogen-bond acceptors (Lipinski definition) is 3. The van der Waals surface area contributed by atoms with Crippen molar-refractivity contribution < 1.29 is 13.2 Å². The molecular weight excluding hydrogens is 428 g/mol. The Bertz CT molecular complexity index is 896. The molecule has 1 aliphatic rings. The van der Waals surface area contributed by atoms with Gasteiger partial charge in [-0.25, -0.2) is 8.42 Å². The topological polar surface area (TPSA) is 66.5 Å². The van der Waals surface area contributed by atoms with Crippen LogP contribution in [-0.4, -0.2) is 31.7 Å². The molecule has 1 heterocycles. The number of piperidine rings is 1. The van der Waals surface area contributed by atoms with E-state index in [0.29, 0.717) is 25.9 Å². The van der Waals surface area contributed by atoms with E-state index in [1.165, 1.54) is 9.87 Å². The van der Waals surface area contributed by atoms with Gasteiger partial charge in [-0.05, 0) is 49.6 Å². The zero-order valence-electron chi connectivity index (χ0n) is 15.2. The number of sulfonamides is 1. The molecule has 1 aliphatic heterocycles. The predicted octanol–water partition coefficient (Wildman–Crippen LogP) is 3.47. The molecule has 0 aromatic heterocycles. The second-order valence-electron chi connectivity index (χ2n) is 6.86. The highest BCUT2D eigenvalue weighted by atomic mass is 79.9. The Morgan fingerprint density at radius 3 is 2.48 bits per heavy atom. The molecule has 2 aromatic carbocycles. The molecule has 144 valence electrons. The van der Waals surface area contributed by atoms with Crippen molar-refractivity contribution >= 4 is 31.9 Å². The molecule has 0 aliphatic carbocycles. The van der Waals surface area contributed by atoms with E-state index in [1.54, 1.807) is 24.3 Å². The number of benzene rings is 2. The molecule has 1 atom stereocenters. The molecule has 1 fully saturated rings. The lowest BCUT2D eigenvalue weighted by Crippen LogP contribution is -2.45. The van der Waals surface area contributed by atoms with E-state index < -0.39 is 10.0 Å². The SMILES string of the molecule is Cc1ccc(CNC(=O)[C@H]2CCCN(S(=O)(=O)c3ccc(Br)cc3)C2)cc1. The van der Waals surface area contributed by atoms with Gasteiger partial charge < -0.3 is 5.32 Å². The quantitative estimate of drug-likeness (QED) is 0.757. The lowest BCUT2D eigenvalue weighted by molar-refractivity contribution is -0.126. The van der Waals surface area contributed by atoms with Gasteiger partial charge in [-0.2, -0.15) is 4.31 Å². The summed E-state index contributed by atoms with van der Waals surface area (Å²) in [6, 6.07) is 14.6.